The molecular formula is C11H12ClF3N2O. The van der Waals surface area contributed by atoms with E-state index in [0.717, 1.165) is 12.1 Å². The van der Waals surface area contributed by atoms with Gasteiger partial charge in [-0.05, 0) is 25.5 Å². The quantitative estimate of drug-likeness (QED) is 0.804. The van der Waals surface area contributed by atoms with Crippen LogP contribution in [0.3, 0.4) is 0 Å². The van der Waals surface area contributed by atoms with Gasteiger partial charge in [-0.15, -0.1) is 0 Å². The molecule has 0 aliphatic carbocycles. The first kappa shape index (κ1) is 13.4. The maximum absolute atomic E-state index is 12.6. The molecule has 1 atom stereocenters. The van der Waals surface area contributed by atoms with Gasteiger partial charge in [0.05, 0.1) is 11.2 Å². The summed E-state index contributed by atoms with van der Waals surface area (Å²) < 4.78 is 37.9. The maximum atomic E-state index is 12.6. The summed E-state index contributed by atoms with van der Waals surface area (Å²) >= 11 is 5.61. The summed E-state index contributed by atoms with van der Waals surface area (Å²) in [5.74, 6) is 0.146. The smallest absolute Gasteiger partial charge is 0.388 e. The molecule has 2 heterocycles. The van der Waals surface area contributed by atoms with E-state index in [-0.39, 0.29) is 17.5 Å². The first-order chi connectivity index (χ1) is 8.17. The van der Waals surface area contributed by atoms with Gasteiger partial charge in [0.2, 0.25) is 0 Å². The Kier molecular flexibility index (Phi) is 3.19. The molecule has 0 aromatic carbocycles. The SMILES string of the molecule is CC1(O)CCN(c2cc(C(F)(F)F)cc(Cl)n2)C1. The lowest BCUT2D eigenvalue weighted by Gasteiger charge is -2.21. The number of pyridine rings is 1. The fourth-order valence-electron chi connectivity index (χ4n) is 1.95. The van der Waals surface area contributed by atoms with Crippen molar-refractivity contribution >= 4 is 17.4 Å². The van der Waals surface area contributed by atoms with E-state index in [1.807, 2.05) is 0 Å². The number of anilines is 1. The van der Waals surface area contributed by atoms with E-state index in [2.05, 4.69) is 4.98 Å². The normalized spacial score (nSPS) is 24.7. The molecule has 1 aromatic rings. The zero-order valence-electron chi connectivity index (χ0n) is 9.63. The molecule has 7 heteroatoms. The van der Waals surface area contributed by atoms with Crippen molar-refractivity contribution in [2.24, 2.45) is 0 Å². The molecule has 0 bridgehead atoms. The van der Waals surface area contributed by atoms with E-state index < -0.39 is 17.3 Å². The highest BCUT2D eigenvalue weighted by Gasteiger charge is 2.35. The van der Waals surface area contributed by atoms with Crippen LogP contribution in [0.5, 0.6) is 0 Å². The van der Waals surface area contributed by atoms with Crippen LogP contribution in [0, 0.1) is 0 Å². The number of aliphatic hydroxyl groups is 1. The highest BCUT2D eigenvalue weighted by Crippen LogP contribution is 2.34. The second-order valence-electron chi connectivity index (χ2n) is 4.70. The third-order valence-electron chi connectivity index (χ3n) is 2.88. The first-order valence-electron chi connectivity index (χ1n) is 5.39. The predicted molar refractivity (Wildman–Crippen MR) is 61.7 cm³/mol. The van der Waals surface area contributed by atoms with Crippen LogP contribution in [0.4, 0.5) is 19.0 Å². The van der Waals surface area contributed by atoms with Crippen LogP contribution in [0.25, 0.3) is 0 Å². The number of β-amino-alcohol motifs (C(OH)–C–C–N with tert-alkyl or cyclic N) is 1. The second-order valence-corrected chi connectivity index (χ2v) is 5.09. The van der Waals surface area contributed by atoms with E-state index >= 15 is 0 Å². The van der Waals surface area contributed by atoms with E-state index in [1.54, 1.807) is 11.8 Å². The first-order valence-corrected chi connectivity index (χ1v) is 5.77. The molecule has 3 nitrogen and oxygen atoms in total. The number of alkyl halides is 3. The molecule has 100 valence electrons. The maximum Gasteiger partial charge on any atom is 0.416 e. The molecule has 0 amide bonds. The topological polar surface area (TPSA) is 36.4 Å². The van der Waals surface area contributed by atoms with Crippen molar-refractivity contribution in [3.63, 3.8) is 0 Å². The van der Waals surface area contributed by atoms with Crippen molar-refractivity contribution in [2.45, 2.75) is 25.1 Å². The Morgan fingerprint density at radius 2 is 2.11 bits per heavy atom. The number of aromatic nitrogens is 1. The number of hydrogen-bond acceptors (Lipinski definition) is 3. The number of rotatable bonds is 1. The molecule has 1 saturated heterocycles. The Labute approximate surface area is 107 Å². The van der Waals surface area contributed by atoms with Crippen LogP contribution in [0.15, 0.2) is 12.1 Å². The van der Waals surface area contributed by atoms with Gasteiger partial charge in [-0.2, -0.15) is 13.2 Å². The lowest BCUT2D eigenvalue weighted by atomic mass is 10.1. The van der Waals surface area contributed by atoms with Crippen molar-refractivity contribution in [3.8, 4) is 0 Å². The summed E-state index contributed by atoms with van der Waals surface area (Å²) in [4.78, 5) is 5.47. The van der Waals surface area contributed by atoms with Crippen LogP contribution >= 0.6 is 11.6 Å². The van der Waals surface area contributed by atoms with Gasteiger partial charge in [-0.25, -0.2) is 4.98 Å². The van der Waals surface area contributed by atoms with Gasteiger partial charge >= 0.3 is 6.18 Å². The zero-order chi connectivity index (χ0) is 13.6. The molecule has 1 N–H and O–H groups in total. The number of hydrogen-bond donors (Lipinski definition) is 1. The van der Waals surface area contributed by atoms with Crippen molar-refractivity contribution in [3.05, 3.63) is 22.8 Å². The van der Waals surface area contributed by atoms with Gasteiger partial charge < -0.3 is 10.0 Å². The van der Waals surface area contributed by atoms with Crippen LogP contribution in [0.2, 0.25) is 5.15 Å². The Morgan fingerprint density at radius 3 is 2.61 bits per heavy atom. The van der Waals surface area contributed by atoms with Crippen molar-refractivity contribution in [1.82, 2.24) is 4.98 Å². The summed E-state index contributed by atoms with van der Waals surface area (Å²) in [6.07, 6.45) is -3.97. The Bertz CT molecular complexity index is 462. The van der Waals surface area contributed by atoms with Gasteiger partial charge in [-0.1, -0.05) is 11.6 Å². The van der Waals surface area contributed by atoms with Crippen LogP contribution in [-0.2, 0) is 6.18 Å². The summed E-state index contributed by atoms with van der Waals surface area (Å²) in [6, 6.07) is 1.74. The van der Waals surface area contributed by atoms with Gasteiger partial charge in [0.15, 0.2) is 0 Å². The average Bonchev–Trinajstić information content (AvgIpc) is 2.56. The van der Waals surface area contributed by atoms with Crippen molar-refractivity contribution < 1.29 is 18.3 Å². The molecule has 0 saturated carbocycles. The van der Waals surface area contributed by atoms with E-state index in [1.165, 1.54) is 0 Å². The fraction of sp³-hybridized carbons (Fsp3) is 0.545. The lowest BCUT2D eigenvalue weighted by Crippen LogP contribution is -2.30. The molecule has 1 aliphatic heterocycles. The molecule has 1 fully saturated rings. The third kappa shape index (κ3) is 2.87. The zero-order valence-corrected chi connectivity index (χ0v) is 10.4. The fourth-order valence-corrected chi connectivity index (χ4v) is 2.15. The summed E-state index contributed by atoms with van der Waals surface area (Å²) in [5, 5.41) is 9.60. The van der Waals surface area contributed by atoms with Crippen LogP contribution in [0.1, 0.15) is 18.9 Å². The summed E-state index contributed by atoms with van der Waals surface area (Å²) in [7, 11) is 0. The van der Waals surface area contributed by atoms with Gasteiger partial charge in [0, 0.05) is 13.1 Å². The Balaban J connectivity index is 2.32. The van der Waals surface area contributed by atoms with E-state index in [0.29, 0.717) is 13.0 Å². The molecule has 18 heavy (non-hydrogen) atoms. The highest BCUT2D eigenvalue weighted by molar-refractivity contribution is 6.29. The standard InChI is InChI=1S/C11H12ClF3N2O/c1-10(18)2-3-17(6-10)9-5-7(11(13,14)15)4-8(12)16-9/h4-5,18H,2-3,6H2,1H3. The molecule has 1 unspecified atom stereocenters. The molecule has 1 aliphatic rings. The molecule has 1 aromatic heterocycles. The van der Waals surface area contributed by atoms with Crippen LogP contribution in [-0.4, -0.2) is 28.8 Å². The summed E-state index contributed by atoms with van der Waals surface area (Å²) in [5.41, 5.74) is -1.73. The second kappa shape index (κ2) is 4.28. The largest absolute Gasteiger partial charge is 0.416 e. The predicted octanol–water partition coefficient (Wildman–Crippen LogP) is 2.71. The molecular weight excluding hydrogens is 269 g/mol. The van der Waals surface area contributed by atoms with Crippen molar-refractivity contribution in [2.75, 3.05) is 18.0 Å². The summed E-state index contributed by atoms with van der Waals surface area (Å²) in [6.45, 7) is 2.34. The van der Waals surface area contributed by atoms with Crippen LogP contribution < -0.4 is 4.90 Å². The number of halogens is 4. The molecule has 0 radical (unpaired) electrons. The monoisotopic (exact) mass is 280 g/mol. The minimum Gasteiger partial charge on any atom is -0.388 e. The van der Waals surface area contributed by atoms with Gasteiger partial charge in [-0.3, -0.25) is 0 Å². The van der Waals surface area contributed by atoms with Crippen molar-refractivity contribution in [1.29, 1.82) is 0 Å². The van der Waals surface area contributed by atoms with E-state index in [4.69, 9.17) is 11.6 Å². The number of nitrogens with zero attached hydrogens (tertiary/aromatic N) is 2. The average molecular weight is 281 g/mol. The minimum atomic E-state index is -4.45. The van der Waals surface area contributed by atoms with E-state index in [9.17, 15) is 18.3 Å². The molecule has 0 spiro atoms. The Morgan fingerprint density at radius 1 is 1.44 bits per heavy atom. The van der Waals surface area contributed by atoms with Gasteiger partial charge in [0.1, 0.15) is 11.0 Å². The lowest BCUT2D eigenvalue weighted by molar-refractivity contribution is -0.137. The third-order valence-corrected chi connectivity index (χ3v) is 3.08. The Hall–Kier alpha value is -1.01. The molecule has 2 rings (SSSR count). The highest BCUT2D eigenvalue weighted by atomic mass is 35.5. The van der Waals surface area contributed by atoms with Gasteiger partial charge in [0.25, 0.3) is 0 Å². The minimum absolute atomic E-state index is 0.146.